The molecule has 1 aliphatic heterocycles. The van der Waals surface area contributed by atoms with E-state index in [2.05, 4.69) is 26.0 Å². The van der Waals surface area contributed by atoms with Crippen molar-refractivity contribution >= 4 is 0 Å². The molecule has 1 saturated heterocycles. The van der Waals surface area contributed by atoms with Gasteiger partial charge in [-0.3, -0.25) is 0 Å². The average molecular weight is 266 g/mol. The molecule has 1 aliphatic rings. The van der Waals surface area contributed by atoms with Crippen LogP contribution in [0.25, 0.3) is 0 Å². The van der Waals surface area contributed by atoms with E-state index >= 15 is 0 Å². The molecule has 2 heteroatoms. The molecule has 19 heavy (non-hydrogen) atoms. The molecule has 0 aliphatic carbocycles. The van der Waals surface area contributed by atoms with Gasteiger partial charge in [0.05, 0.1) is 12.2 Å². The van der Waals surface area contributed by atoms with Gasteiger partial charge in [0.15, 0.2) is 6.29 Å². The predicted molar refractivity (Wildman–Crippen MR) is 82.2 cm³/mol. The van der Waals surface area contributed by atoms with Crippen LogP contribution < -0.4 is 0 Å². The summed E-state index contributed by atoms with van der Waals surface area (Å²) in [4.78, 5) is 0. The molecule has 3 atom stereocenters. The van der Waals surface area contributed by atoms with Crippen LogP contribution in [0.15, 0.2) is 30.3 Å². The highest BCUT2D eigenvalue weighted by atomic mass is 16.7. The van der Waals surface area contributed by atoms with Crippen molar-refractivity contribution in [2.24, 2.45) is 0 Å². The van der Waals surface area contributed by atoms with Crippen molar-refractivity contribution in [3.8, 4) is 0 Å². The normalized spacial score (nSPS) is 25.5. The van der Waals surface area contributed by atoms with E-state index < -0.39 is 0 Å². The first-order valence-electron chi connectivity index (χ1n) is 7.65. The second kappa shape index (κ2) is 11.0. The lowest BCUT2D eigenvalue weighted by atomic mass is 10.1. The van der Waals surface area contributed by atoms with Gasteiger partial charge in [-0.1, -0.05) is 65.0 Å². The molecular formula is C17H30O2. The van der Waals surface area contributed by atoms with Crippen LogP contribution in [0.3, 0.4) is 0 Å². The van der Waals surface area contributed by atoms with Crippen molar-refractivity contribution in [3.05, 3.63) is 35.9 Å². The van der Waals surface area contributed by atoms with Crippen LogP contribution in [0.2, 0.25) is 0 Å². The molecule has 0 saturated carbocycles. The Balaban J connectivity index is 0.000000741. The first-order chi connectivity index (χ1) is 9.29. The first-order valence-corrected chi connectivity index (χ1v) is 7.65. The number of rotatable bonds is 2. The summed E-state index contributed by atoms with van der Waals surface area (Å²) in [5.74, 6) is 0. The van der Waals surface area contributed by atoms with Crippen molar-refractivity contribution < 1.29 is 9.47 Å². The van der Waals surface area contributed by atoms with Gasteiger partial charge in [0.25, 0.3) is 0 Å². The Morgan fingerprint density at radius 3 is 2.11 bits per heavy atom. The quantitative estimate of drug-likeness (QED) is 0.719. The highest BCUT2D eigenvalue weighted by molar-refractivity contribution is 5.16. The number of hydrogen-bond donors (Lipinski definition) is 0. The zero-order chi connectivity index (χ0) is 14.7. The van der Waals surface area contributed by atoms with E-state index in [9.17, 15) is 0 Å². The van der Waals surface area contributed by atoms with E-state index in [1.807, 2.05) is 45.9 Å². The molecule has 0 N–H and O–H groups in total. The van der Waals surface area contributed by atoms with E-state index in [1.54, 1.807) is 0 Å². The fourth-order valence-electron chi connectivity index (χ4n) is 1.93. The Hall–Kier alpha value is -0.860. The van der Waals surface area contributed by atoms with E-state index in [4.69, 9.17) is 9.47 Å². The molecule has 2 nitrogen and oxygen atoms in total. The third-order valence-electron chi connectivity index (χ3n) is 2.79. The van der Waals surface area contributed by atoms with Crippen molar-refractivity contribution in [2.45, 2.75) is 72.9 Å². The largest absolute Gasteiger partial charge is 0.345 e. The van der Waals surface area contributed by atoms with Crippen LogP contribution in [0, 0.1) is 0 Å². The smallest absolute Gasteiger partial charge is 0.184 e. The summed E-state index contributed by atoms with van der Waals surface area (Å²) in [7, 11) is 0. The highest BCUT2D eigenvalue weighted by Gasteiger charge is 2.27. The molecular weight excluding hydrogens is 236 g/mol. The minimum atomic E-state index is -0.181. The fourth-order valence-corrected chi connectivity index (χ4v) is 1.93. The first kappa shape index (κ1) is 18.1. The van der Waals surface area contributed by atoms with E-state index in [0.717, 1.165) is 18.4 Å². The van der Waals surface area contributed by atoms with Crippen LogP contribution in [-0.2, 0) is 9.47 Å². The maximum absolute atomic E-state index is 5.87. The third-order valence-corrected chi connectivity index (χ3v) is 2.79. The molecule has 1 fully saturated rings. The summed E-state index contributed by atoms with van der Waals surface area (Å²) < 4.78 is 11.7. The molecule has 0 spiro atoms. The van der Waals surface area contributed by atoms with Gasteiger partial charge >= 0.3 is 0 Å². The van der Waals surface area contributed by atoms with Crippen LogP contribution >= 0.6 is 0 Å². The second-order valence-electron chi connectivity index (χ2n) is 4.09. The maximum Gasteiger partial charge on any atom is 0.184 e. The molecule has 1 heterocycles. The van der Waals surface area contributed by atoms with Crippen LogP contribution in [-0.4, -0.2) is 12.2 Å². The Morgan fingerprint density at radius 2 is 1.58 bits per heavy atom. The molecule has 0 radical (unpaired) electrons. The molecule has 0 amide bonds. The summed E-state index contributed by atoms with van der Waals surface area (Å²) in [5, 5.41) is 0. The van der Waals surface area contributed by atoms with Gasteiger partial charge in [-0.15, -0.1) is 0 Å². The Morgan fingerprint density at radius 1 is 1.00 bits per heavy atom. The molecule has 0 bridgehead atoms. The Kier molecular flexibility index (Phi) is 10.5. The van der Waals surface area contributed by atoms with E-state index in [1.165, 1.54) is 0 Å². The monoisotopic (exact) mass is 266 g/mol. The van der Waals surface area contributed by atoms with E-state index in [0.29, 0.717) is 6.10 Å². The summed E-state index contributed by atoms with van der Waals surface area (Å²) in [5.41, 5.74) is 1.11. The summed E-state index contributed by atoms with van der Waals surface area (Å²) in [6.07, 6.45) is 2.49. The summed E-state index contributed by atoms with van der Waals surface area (Å²) >= 11 is 0. The van der Waals surface area contributed by atoms with Crippen molar-refractivity contribution in [3.63, 3.8) is 0 Å². The van der Waals surface area contributed by atoms with Crippen molar-refractivity contribution in [2.75, 3.05) is 0 Å². The SMILES string of the molecule is CC.CC.CCC1CC(C)OC(c2ccccc2)O1. The highest BCUT2D eigenvalue weighted by Crippen LogP contribution is 2.30. The minimum absolute atomic E-state index is 0.181. The van der Waals surface area contributed by atoms with E-state index in [-0.39, 0.29) is 12.4 Å². The number of ether oxygens (including phenoxy) is 2. The predicted octanol–water partition coefficient (Wildman–Crippen LogP) is 5.34. The lowest BCUT2D eigenvalue weighted by Gasteiger charge is -2.34. The molecule has 1 aromatic rings. The van der Waals surface area contributed by atoms with Gasteiger partial charge in [-0.25, -0.2) is 0 Å². The number of benzene rings is 1. The molecule has 3 unspecified atom stereocenters. The molecule has 1 aromatic carbocycles. The zero-order valence-corrected chi connectivity index (χ0v) is 13.3. The van der Waals surface area contributed by atoms with Crippen LogP contribution in [0.4, 0.5) is 0 Å². The topological polar surface area (TPSA) is 18.5 Å². The molecule has 110 valence electrons. The number of hydrogen-bond acceptors (Lipinski definition) is 2. The third kappa shape index (κ3) is 6.22. The summed E-state index contributed by atoms with van der Waals surface area (Å²) in [6, 6.07) is 10.1. The van der Waals surface area contributed by atoms with Crippen LogP contribution in [0.1, 0.15) is 66.2 Å². The summed E-state index contributed by atoms with van der Waals surface area (Å²) in [6.45, 7) is 12.3. The fraction of sp³-hybridized carbons (Fsp3) is 0.647. The Labute approximate surface area is 119 Å². The lowest BCUT2D eigenvalue weighted by Crippen LogP contribution is -2.31. The molecule has 0 aromatic heterocycles. The standard InChI is InChI=1S/C13H18O2.2C2H6/c1-3-12-9-10(2)14-13(15-12)11-7-5-4-6-8-11;2*1-2/h4-8,10,12-13H,3,9H2,1-2H3;2*1-2H3. The van der Waals surface area contributed by atoms with Gasteiger partial charge < -0.3 is 9.47 Å². The van der Waals surface area contributed by atoms with Gasteiger partial charge in [0.2, 0.25) is 0 Å². The maximum atomic E-state index is 5.87. The lowest BCUT2D eigenvalue weighted by molar-refractivity contribution is -0.243. The zero-order valence-electron chi connectivity index (χ0n) is 13.3. The average Bonchev–Trinajstić information content (AvgIpc) is 2.51. The van der Waals surface area contributed by atoms with Gasteiger partial charge in [-0.2, -0.15) is 0 Å². The van der Waals surface area contributed by atoms with Crippen molar-refractivity contribution in [1.82, 2.24) is 0 Å². The molecule has 2 rings (SSSR count). The second-order valence-corrected chi connectivity index (χ2v) is 4.09. The van der Waals surface area contributed by atoms with Crippen molar-refractivity contribution in [1.29, 1.82) is 0 Å². The van der Waals surface area contributed by atoms with Gasteiger partial charge in [0, 0.05) is 5.56 Å². The minimum Gasteiger partial charge on any atom is -0.345 e. The van der Waals surface area contributed by atoms with Crippen LogP contribution in [0.5, 0.6) is 0 Å². The van der Waals surface area contributed by atoms with Gasteiger partial charge in [-0.05, 0) is 19.8 Å². The Bertz CT molecular complexity index is 297. The van der Waals surface area contributed by atoms with Gasteiger partial charge in [0.1, 0.15) is 0 Å².